The van der Waals surface area contributed by atoms with E-state index in [1.165, 1.54) is 13.0 Å². The molecule has 19 heavy (non-hydrogen) atoms. The molecule has 0 amide bonds. The van der Waals surface area contributed by atoms with Gasteiger partial charge in [0.15, 0.2) is 0 Å². The Morgan fingerprint density at radius 3 is 2.79 bits per heavy atom. The lowest BCUT2D eigenvalue weighted by Crippen LogP contribution is -2.15. The Morgan fingerprint density at radius 1 is 1.53 bits per heavy atom. The van der Waals surface area contributed by atoms with E-state index in [4.69, 9.17) is 4.74 Å². The summed E-state index contributed by atoms with van der Waals surface area (Å²) >= 11 is 0. The standard InChI is InChI=1S/C12H15N3O4/c1-4-19-12(16)9(3)13-14-10-6-5-7-11(8(10)2)15(17)18/h5-7,14H,4H2,1-3H3. The van der Waals surface area contributed by atoms with Crippen molar-refractivity contribution in [1.82, 2.24) is 0 Å². The highest BCUT2D eigenvalue weighted by Crippen LogP contribution is 2.24. The molecule has 0 aromatic heterocycles. The molecular formula is C12H15N3O4. The molecular weight excluding hydrogens is 250 g/mol. The summed E-state index contributed by atoms with van der Waals surface area (Å²) < 4.78 is 4.77. The molecule has 0 aliphatic heterocycles. The van der Waals surface area contributed by atoms with Crippen molar-refractivity contribution in [2.75, 3.05) is 12.0 Å². The molecule has 0 unspecified atom stereocenters. The predicted octanol–water partition coefficient (Wildman–Crippen LogP) is 2.25. The number of hydrazone groups is 1. The van der Waals surface area contributed by atoms with Crippen molar-refractivity contribution in [3.63, 3.8) is 0 Å². The molecule has 0 spiro atoms. The number of nitrogens with one attached hydrogen (secondary N) is 1. The molecule has 0 aliphatic carbocycles. The first-order valence-corrected chi connectivity index (χ1v) is 5.68. The van der Waals surface area contributed by atoms with E-state index >= 15 is 0 Å². The molecule has 1 N–H and O–H groups in total. The summed E-state index contributed by atoms with van der Waals surface area (Å²) in [6.45, 7) is 5.07. The van der Waals surface area contributed by atoms with E-state index in [1.54, 1.807) is 26.0 Å². The Balaban J connectivity index is 2.89. The Labute approximate surface area is 110 Å². The van der Waals surface area contributed by atoms with Crippen LogP contribution in [0.3, 0.4) is 0 Å². The fourth-order valence-corrected chi connectivity index (χ4v) is 1.37. The van der Waals surface area contributed by atoms with E-state index in [0.717, 1.165) is 0 Å². The minimum Gasteiger partial charge on any atom is -0.461 e. The quantitative estimate of drug-likeness (QED) is 0.381. The molecule has 0 saturated heterocycles. The molecule has 7 nitrogen and oxygen atoms in total. The van der Waals surface area contributed by atoms with Gasteiger partial charge in [-0.1, -0.05) is 6.07 Å². The second kappa shape index (κ2) is 6.48. The van der Waals surface area contributed by atoms with Crippen molar-refractivity contribution < 1.29 is 14.5 Å². The van der Waals surface area contributed by atoms with Crippen LogP contribution in [0.4, 0.5) is 11.4 Å². The van der Waals surface area contributed by atoms with Crippen LogP contribution in [-0.2, 0) is 9.53 Å². The Morgan fingerprint density at radius 2 is 2.21 bits per heavy atom. The van der Waals surface area contributed by atoms with Gasteiger partial charge in [0, 0.05) is 6.07 Å². The maximum atomic E-state index is 11.3. The number of rotatable bonds is 5. The maximum absolute atomic E-state index is 11.3. The zero-order valence-corrected chi connectivity index (χ0v) is 11.0. The molecule has 0 atom stereocenters. The van der Waals surface area contributed by atoms with E-state index in [1.807, 2.05) is 0 Å². The smallest absolute Gasteiger partial charge is 0.354 e. The van der Waals surface area contributed by atoms with Crippen molar-refractivity contribution in [2.45, 2.75) is 20.8 Å². The molecule has 0 bridgehead atoms. The number of carbonyl (C=O) groups excluding carboxylic acids is 1. The average molecular weight is 265 g/mol. The van der Waals surface area contributed by atoms with Crippen LogP contribution in [0.2, 0.25) is 0 Å². The van der Waals surface area contributed by atoms with Crippen LogP contribution in [0.5, 0.6) is 0 Å². The Bertz CT molecular complexity index is 526. The number of anilines is 1. The zero-order chi connectivity index (χ0) is 14.4. The monoisotopic (exact) mass is 265 g/mol. The molecule has 1 rings (SSSR count). The van der Waals surface area contributed by atoms with Gasteiger partial charge in [-0.3, -0.25) is 15.5 Å². The Kier molecular flexibility index (Phi) is 4.99. The van der Waals surface area contributed by atoms with E-state index in [2.05, 4.69) is 10.5 Å². The zero-order valence-electron chi connectivity index (χ0n) is 11.0. The lowest BCUT2D eigenvalue weighted by molar-refractivity contribution is -0.385. The summed E-state index contributed by atoms with van der Waals surface area (Å²) in [6.07, 6.45) is 0. The lowest BCUT2D eigenvalue weighted by Gasteiger charge is -2.06. The summed E-state index contributed by atoms with van der Waals surface area (Å²) in [7, 11) is 0. The van der Waals surface area contributed by atoms with Crippen molar-refractivity contribution in [3.05, 3.63) is 33.9 Å². The third-order valence-corrected chi connectivity index (χ3v) is 2.42. The third-order valence-electron chi connectivity index (χ3n) is 2.42. The van der Waals surface area contributed by atoms with Crippen LogP contribution < -0.4 is 5.43 Å². The van der Waals surface area contributed by atoms with Gasteiger partial charge >= 0.3 is 5.97 Å². The van der Waals surface area contributed by atoms with Crippen molar-refractivity contribution >= 4 is 23.1 Å². The third kappa shape index (κ3) is 3.77. The van der Waals surface area contributed by atoms with Gasteiger partial charge in [0.05, 0.1) is 22.8 Å². The average Bonchev–Trinajstić information content (AvgIpc) is 2.37. The molecule has 102 valence electrons. The lowest BCUT2D eigenvalue weighted by atomic mass is 10.1. The fraction of sp³-hybridized carbons (Fsp3) is 0.333. The van der Waals surface area contributed by atoms with Crippen LogP contribution in [0.15, 0.2) is 23.3 Å². The van der Waals surface area contributed by atoms with Gasteiger partial charge < -0.3 is 4.74 Å². The van der Waals surface area contributed by atoms with Crippen LogP contribution in [-0.4, -0.2) is 23.2 Å². The number of nitro groups is 1. The van der Waals surface area contributed by atoms with Crippen LogP contribution >= 0.6 is 0 Å². The largest absolute Gasteiger partial charge is 0.461 e. The minimum absolute atomic E-state index is 0.00557. The van der Waals surface area contributed by atoms with Gasteiger partial charge in [0.1, 0.15) is 5.71 Å². The first-order valence-electron chi connectivity index (χ1n) is 5.68. The number of hydrogen-bond donors (Lipinski definition) is 1. The van der Waals surface area contributed by atoms with Crippen molar-refractivity contribution in [2.24, 2.45) is 5.10 Å². The van der Waals surface area contributed by atoms with Gasteiger partial charge in [0.25, 0.3) is 5.69 Å². The number of benzene rings is 1. The van der Waals surface area contributed by atoms with E-state index in [0.29, 0.717) is 11.3 Å². The van der Waals surface area contributed by atoms with Crippen LogP contribution in [0, 0.1) is 17.0 Å². The topological polar surface area (TPSA) is 93.8 Å². The predicted molar refractivity (Wildman–Crippen MR) is 71.2 cm³/mol. The normalized spacial score (nSPS) is 11.0. The molecule has 7 heteroatoms. The fourth-order valence-electron chi connectivity index (χ4n) is 1.37. The van der Waals surface area contributed by atoms with E-state index < -0.39 is 10.9 Å². The first-order chi connectivity index (χ1) is 8.97. The second-order valence-corrected chi connectivity index (χ2v) is 3.74. The first kappa shape index (κ1) is 14.6. The highest BCUT2D eigenvalue weighted by atomic mass is 16.6. The number of nitrogens with zero attached hydrogens (tertiary/aromatic N) is 2. The van der Waals surface area contributed by atoms with E-state index in [9.17, 15) is 14.9 Å². The van der Waals surface area contributed by atoms with Gasteiger partial charge in [-0.05, 0) is 26.8 Å². The highest BCUT2D eigenvalue weighted by Gasteiger charge is 2.13. The van der Waals surface area contributed by atoms with Crippen molar-refractivity contribution in [3.8, 4) is 0 Å². The SMILES string of the molecule is CCOC(=O)C(C)=NNc1cccc([N+](=O)[O-])c1C. The Hall–Kier alpha value is -2.44. The number of esters is 1. The van der Waals surface area contributed by atoms with Crippen molar-refractivity contribution in [1.29, 1.82) is 0 Å². The molecule has 0 aliphatic rings. The molecule has 1 aromatic carbocycles. The summed E-state index contributed by atoms with van der Waals surface area (Å²) in [6, 6.07) is 4.59. The maximum Gasteiger partial charge on any atom is 0.354 e. The summed E-state index contributed by atoms with van der Waals surface area (Å²) in [5, 5.41) is 14.6. The van der Waals surface area contributed by atoms with Gasteiger partial charge in [-0.2, -0.15) is 5.10 Å². The van der Waals surface area contributed by atoms with Gasteiger partial charge in [0.2, 0.25) is 0 Å². The van der Waals surface area contributed by atoms with Gasteiger partial charge in [-0.25, -0.2) is 4.79 Å². The minimum atomic E-state index is -0.530. The summed E-state index contributed by atoms with van der Waals surface area (Å²) in [5.41, 5.74) is 3.69. The molecule has 0 heterocycles. The summed E-state index contributed by atoms with van der Waals surface area (Å²) in [4.78, 5) is 21.6. The number of hydrogen-bond acceptors (Lipinski definition) is 6. The molecule has 0 fully saturated rings. The molecule has 0 saturated carbocycles. The summed E-state index contributed by atoms with van der Waals surface area (Å²) in [5.74, 6) is -0.530. The number of nitro benzene ring substituents is 1. The number of ether oxygens (including phenoxy) is 1. The second-order valence-electron chi connectivity index (χ2n) is 3.74. The van der Waals surface area contributed by atoms with Crippen LogP contribution in [0.25, 0.3) is 0 Å². The molecule has 0 radical (unpaired) electrons. The number of carbonyl (C=O) groups is 1. The van der Waals surface area contributed by atoms with Gasteiger partial charge in [-0.15, -0.1) is 0 Å². The van der Waals surface area contributed by atoms with E-state index in [-0.39, 0.29) is 18.0 Å². The van der Waals surface area contributed by atoms with Crippen LogP contribution in [0.1, 0.15) is 19.4 Å². The molecule has 1 aromatic rings. The highest BCUT2D eigenvalue weighted by molar-refractivity contribution is 6.35.